The van der Waals surface area contributed by atoms with Crippen molar-refractivity contribution < 1.29 is 100 Å². The van der Waals surface area contributed by atoms with E-state index in [-0.39, 0.29) is 68.1 Å². The number of carboxylic acids is 1. The Morgan fingerprint density at radius 3 is 1.99 bits per heavy atom. The number of pyridine rings is 1. The van der Waals surface area contributed by atoms with Crippen molar-refractivity contribution in [1.82, 2.24) is 54.0 Å². The summed E-state index contributed by atoms with van der Waals surface area (Å²) in [5.41, 5.74) is 0.0114. The van der Waals surface area contributed by atoms with Gasteiger partial charge in [0, 0.05) is 30.6 Å². The first kappa shape index (κ1) is 75.5. The third-order valence-corrected chi connectivity index (χ3v) is 18.4. The topological polar surface area (TPSA) is 462 Å². The number of sulfone groups is 1. The van der Waals surface area contributed by atoms with E-state index >= 15 is 0 Å². The summed E-state index contributed by atoms with van der Waals surface area (Å²) in [7, 11) is -11.8. The Kier molecular flexibility index (Phi) is 28.1. The molecule has 0 aliphatic carbocycles. The van der Waals surface area contributed by atoms with Gasteiger partial charge in [0.05, 0.1) is 68.8 Å². The van der Waals surface area contributed by atoms with Crippen molar-refractivity contribution in [2.45, 2.75) is 78.5 Å². The molecule has 91 heavy (non-hydrogen) atoms. The van der Waals surface area contributed by atoms with Crippen LogP contribution in [0.25, 0.3) is 0 Å². The quantitative estimate of drug-likeness (QED) is 0.0219. The van der Waals surface area contributed by atoms with Crippen LogP contribution in [0.1, 0.15) is 37.6 Å². The van der Waals surface area contributed by atoms with Gasteiger partial charge in [-0.05, 0) is 73.4 Å². The molecule has 0 atom stereocenters. The van der Waals surface area contributed by atoms with E-state index in [1.165, 1.54) is 78.7 Å². The van der Waals surface area contributed by atoms with Crippen molar-refractivity contribution in [2.75, 3.05) is 63.4 Å². The van der Waals surface area contributed by atoms with E-state index in [1.807, 2.05) is 0 Å². The number of halogens is 5. The summed E-state index contributed by atoms with van der Waals surface area (Å²) >= 11 is 8.17. The number of thioether (sulfide) groups is 1. The van der Waals surface area contributed by atoms with Crippen LogP contribution in [0.2, 0.25) is 5.02 Å². The number of carbonyl (C=O) groups is 4. The monoisotopic (exact) mass is 1420 g/mol. The van der Waals surface area contributed by atoms with Gasteiger partial charge in [0.15, 0.2) is 14.9 Å². The summed E-state index contributed by atoms with van der Waals surface area (Å²) in [6, 6.07) is 8.93. The number of sulfonamides is 2. The van der Waals surface area contributed by atoms with Crippen LogP contribution in [0, 0.1) is 12.7 Å². The maximum absolute atomic E-state index is 14.3. The van der Waals surface area contributed by atoms with E-state index in [0.717, 1.165) is 60.3 Å². The molecule has 0 bridgehead atoms. The van der Waals surface area contributed by atoms with Gasteiger partial charge in [-0.3, -0.25) is 39.6 Å². The maximum Gasteiger partial charge on any atom is 0.389 e. The standard InChI is InChI=1S/C15H15ClFN3O3S2.C15H16F3N5O4S.C14H17N5O7S2.C3H8NO5P/c1-23-13(21)8-24-12-7-11(10(17)6-9(12)16)18-14-19-4-2-3-5-20(19)15(22)25-14;1-9-19-12(22-14(20-9)27-2)21-13(24)23-28(25,26)11-6-4-3-5-10(11)7-8-15(16,17)18;1-4-27(21,22)9-6-5-7-15-12(9)28(23,24)19-14(20)18-13-16-10(25-2)8-11(17-13)26-3;5-3(6)1-4-2-10(7,8)9/h6-7H,2-5,8H2,1H3;3-6H,7-8H2,1-2H3,(H2,19,20,21,22,23,24);5-8H,4H2,1-3H3,(H2,16,17,18,19,20);4H,1-2H2,(H,5,6)(H2,7,8,9)/b18-14-;;;. The number of aryl methyl sites for hydroxylation is 2. The molecule has 2 aromatic carbocycles. The number of amides is 4. The third-order valence-electron chi connectivity index (χ3n) is 10.8. The fourth-order valence-corrected chi connectivity index (χ4v) is 13.0. The summed E-state index contributed by atoms with van der Waals surface area (Å²) in [6.45, 7) is 3.74. The van der Waals surface area contributed by atoms with E-state index in [9.17, 15) is 71.4 Å². The molecule has 0 fully saturated rings. The number of fused-ring (bicyclic) bond motifs is 1. The highest BCUT2D eigenvalue weighted by molar-refractivity contribution is 8.00. The Hall–Kier alpha value is -7.96. The second-order valence-corrected chi connectivity index (χ2v) is 27.0. The zero-order valence-electron chi connectivity index (χ0n) is 48.1. The molecule has 1 aliphatic rings. The van der Waals surface area contributed by atoms with E-state index < -0.39 is 114 Å². The molecule has 7 rings (SSSR count). The number of esters is 1. The average Bonchev–Trinajstić information content (AvgIpc) is 1.87. The fourth-order valence-electron chi connectivity index (χ4n) is 6.83. The number of anilines is 2. The maximum atomic E-state index is 14.3. The van der Waals surface area contributed by atoms with Gasteiger partial charge in [-0.1, -0.05) is 36.7 Å². The number of rotatable bonds is 21. The molecule has 0 saturated heterocycles. The Morgan fingerprint density at radius 1 is 0.824 bits per heavy atom. The number of aliphatic carboxylic acids is 1. The van der Waals surface area contributed by atoms with Gasteiger partial charge in [0.25, 0.3) is 20.0 Å². The number of carboxylic acid groups (broad SMARTS) is 1. The van der Waals surface area contributed by atoms with Gasteiger partial charge in [0.2, 0.25) is 28.5 Å². The highest BCUT2D eigenvalue weighted by Gasteiger charge is 2.31. The van der Waals surface area contributed by atoms with Crippen molar-refractivity contribution in [2.24, 2.45) is 4.99 Å². The van der Waals surface area contributed by atoms with Gasteiger partial charge >= 0.3 is 48.7 Å². The molecule has 33 nitrogen and oxygen atoms in total. The predicted octanol–water partition coefficient (Wildman–Crippen LogP) is 3.98. The van der Waals surface area contributed by atoms with E-state index in [0.29, 0.717) is 22.8 Å². The van der Waals surface area contributed by atoms with Crippen molar-refractivity contribution in [1.29, 1.82) is 0 Å². The minimum atomic E-state index is -4.61. The molecule has 0 saturated carbocycles. The van der Waals surface area contributed by atoms with E-state index in [2.05, 4.69) is 55.6 Å². The van der Waals surface area contributed by atoms with Crippen LogP contribution in [0.4, 0.5) is 44.7 Å². The zero-order chi connectivity index (χ0) is 68.1. The van der Waals surface area contributed by atoms with Crippen molar-refractivity contribution in [3.05, 3.63) is 97.5 Å². The summed E-state index contributed by atoms with van der Waals surface area (Å²) in [4.78, 5) is 100. The number of hydrogen-bond acceptors (Lipinski definition) is 26. The normalized spacial score (nSPS) is 12.4. The van der Waals surface area contributed by atoms with Crippen LogP contribution in [0.5, 0.6) is 17.8 Å². The number of nitrogens with zero attached hydrogens (tertiary/aromatic N) is 9. The molecule has 1 aliphatic heterocycles. The number of aromatic nitrogens is 8. The molecule has 0 unspecified atom stereocenters. The largest absolute Gasteiger partial charge is 0.481 e. The Bertz CT molecular complexity index is 4110. The minimum Gasteiger partial charge on any atom is -0.481 e. The lowest BCUT2D eigenvalue weighted by Crippen LogP contribution is -2.36. The highest BCUT2D eigenvalue weighted by Crippen LogP contribution is 2.34. The lowest BCUT2D eigenvalue weighted by molar-refractivity contribution is -0.137. The van der Waals surface area contributed by atoms with Crippen LogP contribution >= 0.6 is 42.3 Å². The minimum absolute atomic E-state index is 0.0605. The average molecular weight is 1420 g/mol. The molecule has 0 spiro atoms. The molecule has 44 heteroatoms. The molecule has 498 valence electrons. The Labute approximate surface area is 527 Å². The van der Waals surface area contributed by atoms with Gasteiger partial charge in [-0.2, -0.15) is 46.5 Å². The van der Waals surface area contributed by atoms with E-state index in [1.54, 1.807) is 18.8 Å². The van der Waals surface area contributed by atoms with Crippen LogP contribution in [-0.2, 0) is 68.3 Å². The fraction of sp³-hybridized carbons (Fsp3) is 0.362. The molecule has 8 N–H and O–H groups in total. The number of hydrogen-bond donors (Lipinski definition) is 8. The van der Waals surface area contributed by atoms with Gasteiger partial charge in [0.1, 0.15) is 22.2 Å². The number of methoxy groups -OCH3 is 4. The number of benzene rings is 2. The Balaban J connectivity index is 0.000000271. The smallest absolute Gasteiger partial charge is 0.389 e. The van der Waals surface area contributed by atoms with Crippen LogP contribution < -0.4 is 49.3 Å². The molecular formula is C47H56ClF4N14O19PS5. The molecule has 4 amide bonds. The number of urea groups is 2. The molecule has 5 heterocycles. The first-order valence-corrected chi connectivity index (χ1v) is 33.9. The van der Waals surface area contributed by atoms with Crippen LogP contribution in [-0.4, -0.2) is 162 Å². The van der Waals surface area contributed by atoms with Gasteiger partial charge < -0.3 is 33.8 Å². The van der Waals surface area contributed by atoms with Crippen molar-refractivity contribution in [3.8, 4) is 17.8 Å². The summed E-state index contributed by atoms with van der Waals surface area (Å²) in [5.74, 6) is -2.64. The second kappa shape index (κ2) is 33.9. The number of ether oxygens (including phenoxy) is 4. The van der Waals surface area contributed by atoms with Crippen molar-refractivity contribution in [3.63, 3.8) is 0 Å². The molecule has 0 radical (unpaired) electrons. The predicted molar refractivity (Wildman–Crippen MR) is 315 cm³/mol. The molecule has 6 aromatic rings. The van der Waals surface area contributed by atoms with E-state index in [4.69, 9.17) is 40.7 Å². The first-order valence-electron chi connectivity index (χ1n) is 25.3. The van der Waals surface area contributed by atoms with Crippen LogP contribution in [0.3, 0.4) is 0 Å². The molecular weight excluding hydrogens is 1370 g/mol. The van der Waals surface area contributed by atoms with Crippen molar-refractivity contribution >= 4 is 114 Å². The Morgan fingerprint density at radius 2 is 1.42 bits per heavy atom. The number of nitrogens with one attached hydrogen (secondary N) is 5. The van der Waals surface area contributed by atoms with Gasteiger partial charge in [-0.15, -0.1) is 11.8 Å². The second-order valence-electron chi connectivity index (χ2n) is 17.5. The van der Waals surface area contributed by atoms with Gasteiger partial charge in [-0.25, -0.2) is 54.9 Å². The summed E-state index contributed by atoms with van der Waals surface area (Å²) in [5, 5.41) is 13.7. The lowest BCUT2D eigenvalue weighted by Gasteiger charge is -2.15. The summed E-state index contributed by atoms with van der Waals surface area (Å²) in [6.07, 6.45) is -3.80. The molecule has 4 aromatic heterocycles. The number of alkyl halides is 3. The lowest BCUT2D eigenvalue weighted by atomic mass is 10.1. The SMILES string of the molecule is CCS(=O)(=O)c1cccnc1S(=O)(=O)NC(=O)Nc1nc(OC)cc(OC)n1.COC(=O)CSc1cc(/N=c2\sc(=O)n3n2CCCC3)c(F)cc1Cl.COc1nc(C)nc(NC(=O)NS(=O)(=O)c2ccccc2CCC(F)(F)F)n1.O=C(O)CNCP(=O)(O)O. The highest BCUT2D eigenvalue weighted by atomic mass is 35.5. The van der Waals surface area contributed by atoms with Crippen LogP contribution in [0.15, 0.2) is 90.3 Å². The zero-order valence-corrected chi connectivity index (χ0v) is 53.9. The summed E-state index contributed by atoms with van der Waals surface area (Å²) < 4.78 is 162. The third kappa shape index (κ3) is 24.6. The first-order chi connectivity index (χ1) is 42.5. The number of carbonyl (C=O) groups excluding carboxylic acids is 3.